The van der Waals surface area contributed by atoms with Crippen molar-refractivity contribution in [3.8, 4) is 5.75 Å². The number of hydrogen-bond donors (Lipinski definition) is 1. The average Bonchev–Trinajstić information content (AvgIpc) is 3.10. The highest BCUT2D eigenvalue weighted by atomic mass is 16.5. The third kappa shape index (κ3) is 3.94. The van der Waals surface area contributed by atoms with Gasteiger partial charge in [0, 0.05) is 29.1 Å². The Morgan fingerprint density at radius 3 is 2.54 bits per heavy atom. The molecule has 0 saturated carbocycles. The standard InChI is InChI=1S/C21H21NO4/c1-14(21(24)18-13-22-19-6-4-3-5-17(18)19)26-20(23)12-9-15-7-10-16(25-2)11-8-15/h3-8,10-11,13-14,22H,9,12H2,1-2H3/t14-/m1/s1. The normalized spacial score (nSPS) is 11.9. The number of aromatic amines is 1. The summed E-state index contributed by atoms with van der Waals surface area (Å²) in [6.07, 6.45) is 1.61. The number of hydrogen-bond acceptors (Lipinski definition) is 4. The van der Waals surface area contributed by atoms with Crippen molar-refractivity contribution in [1.82, 2.24) is 4.98 Å². The first-order valence-corrected chi connectivity index (χ1v) is 8.51. The van der Waals surface area contributed by atoms with Crippen molar-refractivity contribution in [2.24, 2.45) is 0 Å². The first-order chi connectivity index (χ1) is 12.6. The lowest BCUT2D eigenvalue weighted by molar-refractivity contribution is -0.146. The number of Topliss-reactive ketones (excluding diaryl/α,β-unsaturated/α-hetero) is 1. The number of esters is 1. The van der Waals surface area contributed by atoms with Crippen molar-refractivity contribution in [1.29, 1.82) is 0 Å². The van der Waals surface area contributed by atoms with Gasteiger partial charge in [0.05, 0.1) is 7.11 Å². The SMILES string of the molecule is COc1ccc(CCC(=O)O[C@H](C)C(=O)c2c[nH]c3ccccc23)cc1. The maximum atomic E-state index is 12.6. The lowest BCUT2D eigenvalue weighted by atomic mass is 10.1. The summed E-state index contributed by atoms with van der Waals surface area (Å²) in [5, 5.41) is 0.832. The van der Waals surface area contributed by atoms with Crippen molar-refractivity contribution in [2.45, 2.75) is 25.9 Å². The molecule has 3 rings (SSSR count). The molecule has 1 aromatic heterocycles. The zero-order chi connectivity index (χ0) is 18.5. The number of methoxy groups -OCH3 is 1. The molecule has 0 fully saturated rings. The van der Waals surface area contributed by atoms with Crippen molar-refractivity contribution in [3.63, 3.8) is 0 Å². The molecule has 1 heterocycles. The van der Waals surface area contributed by atoms with Crippen LogP contribution in [-0.2, 0) is 16.0 Å². The summed E-state index contributed by atoms with van der Waals surface area (Å²) in [6, 6.07) is 15.1. The molecule has 134 valence electrons. The number of ether oxygens (including phenoxy) is 2. The van der Waals surface area contributed by atoms with Crippen molar-refractivity contribution < 1.29 is 19.1 Å². The molecule has 5 heteroatoms. The molecule has 2 aromatic carbocycles. The minimum absolute atomic E-state index is 0.208. The Labute approximate surface area is 151 Å². The topological polar surface area (TPSA) is 68.4 Å². The van der Waals surface area contributed by atoms with Gasteiger partial charge in [-0.05, 0) is 37.1 Å². The number of benzene rings is 2. The highest BCUT2D eigenvalue weighted by molar-refractivity contribution is 6.10. The van der Waals surface area contributed by atoms with Gasteiger partial charge in [-0.15, -0.1) is 0 Å². The maximum Gasteiger partial charge on any atom is 0.306 e. The summed E-state index contributed by atoms with van der Waals surface area (Å²) < 4.78 is 10.4. The highest BCUT2D eigenvalue weighted by Crippen LogP contribution is 2.20. The molecule has 3 aromatic rings. The average molecular weight is 351 g/mol. The number of carbonyl (C=O) groups is 2. The molecule has 0 saturated heterocycles. The van der Waals surface area contributed by atoms with Gasteiger partial charge in [-0.3, -0.25) is 9.59 Å². The van der Waals surface area contributed by atoms with Crippen LogP contribution in [0.1, 0.15) is 29.3 Å². The van der Waals surface area contributed by atoms with E-state index >= 15 is 0 Å². The molecular weight excluding hydrogens is 330 g/mol. The Bertz CT molecular complexity index is 911. The monoisotopic (exact) mass is 351 g/mol. The Balaban J connectivity index is 1.57. The number of ketones is 1. The van der Waals surface area contributed by atoms with E-state index in [2.05, 4.69) is 4.98 Å². The second-order valence-electron chi connectivity index (χ2n) is 6.09. The van der Waals surface area contributed by atoms with E-state index in [-0.39, 0.29) is 18.2 Å². The van der Waals surface area contributed by atoms with Gasteiger partial charge >= 0.3 is 5.97 Å². The van der Waals surface area contributed by atoms with Crippen LogP contribution in [0.2, 0.25) is 0 Å². The third-order valence-electron chi connectivity index (χ3n) is 4.31. The largest absolute Gasteiger partial charge is 0.497 e. The number of aromatic nitrogens is 1. The Hall–Kier alpha value is -3.08. The molecule has 0 aliphatic carbocycles. The fourth-order valence-corrected chi connectivity index (χ4v) is 2.84. The van der Waals surface area contributed by atoms with Crippen molar-refractivity contribution in [3.05, 3.63) is 65.9 Å². The number of para-hydroxylation sites is 1. The summed E-state index contributed by atoms with van der Waals surface area (Å²) in [4.78, 5) is 27.7. The van der Waals surface area contributed by atoms with Crippen LogP contribution in [0.25, 0.3) is 10.9 Å². The quantitative estimate of drug-likeness (QED) is 0.517. The number of fused-ring (bicyclic) bond motifs is 1. The molecule has 0 unspecified atom stereocenters. The number of aryl methyl sites for hydroxylation is 1. The van der Waals surface area contributed by atoms with Gasteiger partial charge in [-0.25, -0.2) is 0 Å². The minimum atomic E-state index is -0.822. The van der Waals surface area contributed by atoms with E-state index in [1.807, 2.05) is 48.5 Å². The van der Waals surface area contributed by atoms with Crippen molar-refractivity contribution in [2.75, 3.05) is 7.11 Å². The zero-order valence-electron chi connectivity index (χ0n) is 14.8. The van der Waals surface area contributed by atoms with Crippen LogP contribution in [0.4, 0.5) is 0 Å². The molecule has 1 N–H and O–H groups in total. The first kappa shape index (κ1) is 17.7. The summed E-state index contributed by atoms with van der Waals surface area (Å²) in [7, 11) is 1.61. The molecule has 0 bridgehead atoms. The van der Waals surface area contributed by atoms with Gasteiger partial charge in [0.15, 0.2) is 6.10 Å². The summed E-state index contributed by atoms with van der Waals surface area (Å²) in [5.74, 6) is 0.177. The van der Waals surface area contributed by atoms with E-state index in [1.54, 1.807) is 20.2 Å². The number of rotatable bonds is 7. The number of H-pyrrole nitrogens is 1. The fourth-order valence-electron chi connectivity index (χ4n) is 2.84. The molecule has 26 heavy (non-hydrogen) atoms. The predicted octanol–water partition coefficient (Wildman–Crippen LogP) is 3.92. The number of carbonyl (C=O) groups excluding carboxylic acids is 2. The second kappa shape index (κ2) is 7.87. The predicted molar refractivity (Wildman–Crippen MR) is 99.5 cm³/mol. The van der Waals surface area contributed by atoms with E-state index in [0.29, 0.717) is 12.0 Å². The molecule has 0 amide bonds. The zero-order valence-corrected chi connectivity index (χ0v) is 14.8. The fraction of sp³-hybridized carbons (Fsp3) is 0.238. The van der Waals surface area contributed by atoms with Crippen LogP contribution in [0.3, 0.4) is 0 Å². The van der Waals surface area contributed by atoms with Gasteiger partial charge in [0.2, 0.25) is 5.78 Å². The highest BCUT2D eigenvalue weighted by Gasteiger charge is 2.22. The minimum Gasteiger partial charge on any atom is -0.497 e. The molecule has 0 spiro atoms. The molecule has 0 radical (unpaired) electrons. The second-order valence-corrected chi connectivity index (χ2v) is 6.09. The Morgan fingerprint density at radius 1 is 1.08 bits per heavy atom. The van der Waals surface area contributed by atoms with E-state index in [9.17, 15) is 9.59 Å². The molecule has 1 atom stereocenters. The van der Waals surface area contributed by atoms with Gasteiger partial charge in [0.25, 0.3) is 0 Å². The van der Waals surface area contributed by atoms with E-state index in [1.165, 1.54) is 0 Å². The third-order valence-corrected chi connectivity index (χ3v) is 4.31. The summed E-state index contributed by atoms with van der Waals surface area (Å²) in [5.41, 5.74) is 2.43. The van der Waals surface area contributed by atoms with Crippen molar-refractivity contribution >= 4 is 22.7 Å². The lowest BCUT2D eigenvalue weighted by Gasteiger charge is -2.12. The van der Waals surface area contributed by atoms with Crippen LogP contribution >= 0.6 is 0 Å². The summed E-state index contributed by atoms with van der Waals surface area (Å²) in [6.45, 7) is 1.61. The van der Waals surface area contributed by atoms with Crippen LogP contribution < -0.4 is 4.74 Å². The molecule has 0 aliphatic heterocycles. The van der Waals surface area contributed by atoms with E-state index in [0.717, 1.165) is 22.2 Å². The van der Waals surface area contributed by atoms with Gasteiger partial charge in [-0.2, -0.15) is 0 Å². The van der Waals surface area contributed by atoms with E-state index in [4.69, 9.17) is 9.47 Å². The van der Waals surface area contributed by atoms with Crippen LogP contribution in [-0.4, -0.2) is 30.0 Å². The molecule has 0 aliphatic rings. The first-order valence-electron chi connectivity index (χ1n) is 8.51. The van der Waals surface area contributed by atoms with Gasteiger partial charge in [-0.1, -0.05) is 30.3 Å². The Morgan fingerprint density at radius 2 is 1.81 bits per heavy atom. The van der Waals surface area contributed by atoms with Crippen LogP contribution in [0.15, 0.2) is 54.7 Å². The lowest BCUT2D eigenvalue weighted by Crippen LogP contribution is -2.24. The van der Waals surface area contributed by atoms with Crippen LogP contribution in [0.5, 0.6) is 5.75 Å². The Kier molecular flexibility index (Phi) is 5.37. The summed E-state index contributed by atoms with van der Waals surface area (Å²) >= 11 is 0. The number of nitrogens with one attached hydrogen (secondary N) is 1. The van der Waals surface area contributed by atoms with E-state index < -0.39 is 6.10 Å². The van der Waals surface area contributed by atoms with Gasteiger partial charge < -0.3 is 14.5 Å². The van der Waals surface area contributed by atoms with Gasteiger partial charge in [0.1, 0.15) is 5.75 Å². The molecular formula is C21H21NO4. The maximum absolute atomic E-state index is 12.6. The molecule has 5 nitrogen and oxygen atoms in total. The smallest absolute Gasteiger partial charge is 0.306 e. The van der Waals surface area contributed by atoms with Crippen LogP contribution in [0, 0.1) is 0 Å².